The van der Waals surface area contributed by atoms with E-state index < -0.39 is 10.8 Å². The van der Waals surface area contributed by atoms with Gasteiger partial charge in [0.05, 0.1) is 0 Å². The maximum atomic E-state index is 13.0. The SMILES string of the molecule is FC(F)(c1ccccc1)C(Cl)Cl. The molecule has 0 spiro atoms. The van der Waals surface area contributed by atoms with Crippen LogP contribution < -0.4 is 0 Å². The minimum Gasteiger partial charge on any atom is -0.198 e. The van der Waals surface area contributed by atoms with Gasteiger partial charge in [0.25, 0.3) is 0 Å². The second-order valence-electron chi connectivity index (χ2n) is 2.29. The van der Waals surface area contributed by atoms with Gasteiger partial charge in [-0.15, -0.1) is 0 Å². The molecule has 0 aromatic heterocycles. The fraction of sp³-hybridized carbons (Fsp3) is 0.250. The van der Waals surface area contributed by atoms with E-state index in [1.165, 1.54) is 24.3 Å². The fourth-order valence-corrected chi connectivity index (χ4v) is 1.04. The maximum Gasteiger partial charge on any atom is 0.302 e. The summed E-state index contributed by atoms with van der Waals surface area (Å²) in [6, 6.07) is 7.26. The lowest BCUT2D eigenvalue weighted by Crippen LogP contribution is -2.21. The first-order valence-electron chi connectivity index (χ1n) is 3.26. The molecule has 0 bridgehead atoms. The van der Waals surface area contributed by atoms with Crippen LogP contribution in [0.1, 0.15) is 5.56 Å². The van der Waals surface area contributed by atoms with Gasteiger partial charge >= 0.3 is 5.92 Å². The van der Waals surface area contributed by atoms with E-state index in [9.17, 15) is 8.78 Å². The zero-order chi connectivity index (χ0) is 9.19. The molecule has 0 N–H and O–H groups in total. The normalized spacial score (nSPS) is 12.1. The third kappa shape index (κ3) is 1.87. The Morgan fingerprint density at radius 1 is 1.08 bits per heavy atom. The van der Waals surface area contributed by atoms with Gasteiger partial charge in [0.15, 0.2) is 4.84 Å². The van der Waals surface area contributed by atoms with Crippen LogP contribution in [0.25, 0.3) is 0 Å². The van der Waals surface area contributed by atoms with Crippen LogP contribution in [-0.4, -0.2) is 4.84 Å². The molecule has 0 aliphatic rings. The molecule has 1 rings (SSSR count). The van der Waals surface area contributed by atoms with Crippen molar-refractivity contribution in [2.24, 2.45) is 0 Å². The van der Waals surface area contributed by atoms with Gasteiger partial charge in [-0.1, -0.05) is 53.5 Å². The number of benzene rings is 1. The molecule has 0 aliphatic carbocycles. The lowest BCUT2D eigenvalue weighted by Gasteiger charge is -2.16. The molecule has 1 aromatic carbocycles. The van der Waals surface area contributed by atoms with E-state index >= 15 is 0 Å². The molecule has 0 amide bonds. The van der Waals surface area contributed by atoms with E-state index in [2.05, 4.69) is 0 Å². The highest BCUT2D eigenvalue weighted by molar-refractivity contribution is 6.44. The molecule has 0 nitrogen and oxygen atoms in total. The van der Waals surface area contributed by atoms with E-state index in [0.29, 0.717) is 0 Å². The summed E-state index contributed by atoms with van der Waals surface area (Å²) in [7, 11) is 0. The Kier molecular flexibility index (Phi) is 2.91. The lowest BCUT2D eigenvalue weighted by molar-refractivity contribution is 0.0108. The van der Waals surface area contributed by atoms with Crippen LogP contribution in [0.5, 0.6) is 0 Å². The van der Waals surface area contributed by atoms with E-state index in [-0.39, 0.29) is 5.56 Å². The summed E-state index contributed by atoms with van der Waals surface area (Å²) in [6.45, 7) is 0. The Bertz CT molecular complexity index is 246. The minimum atomic E-state index is -3.18. The number of halogens is 4. The quantitative estimate of drug-likeness (QED) is 0.655. The van der Waals surface area contributed by atoms with Gasteiger partial charge < -0.3 is 0 Å². The van der Waals surface area contributed by atoms with Crippen molar-refractivity contribution in [2.75, 3.05) is 0 Å². The molecule has 66 valence electrons. The van der Waals surface area contributed by atoms with Gasteiger partial charge in [0.1, 0.15) is 0 Å². The average molecular weight is 211 g/mol. The molecule has 0 unspecified atom stereocenters. The Hall–Kier alpha value is -0.340. The molecule has 0 heterocycles. The zero-order valence-electron chi connectivity index (χ0n) is 5.98. The third-order valence-corrected chi connectivity index (χ3v) is 1.98. The summed E-state index contributed by atoms with van der Waals surface area (Å²) < 4.78 is 26.0. The zero-order valence-corrected chi connectivity index (χ0v) is 7.49. The number of hydrogen-bond donors (Lipinski definition) is 0. The second-order valence-corrected chi connectivity index (χ2v) is 3.39. The average Bonchev–Trinajstić information content (AvgIpc) is 2.06. The van der Waals surface area contributed by atoms with Crippen LogP contribution in [0.3, 0.4) is 0 Å². The molecule has 0 saturated carbocycles. The van der Waals surface area contributed by atoms with Gasteiger partial charge in [0.2, 0.25) is 0 Å². The van der Waals surface area contributed by atoms with E-state index in [1.807, 2.05) is 0 Å². The maximum absolute atomic E-state index is 13.0. The van der Waals surface area contributed by atoms with Crippen LogP contribution in [0.15, 0.2) is 30.3 Å². The molecule has 0 fully saturated rings. The number of rotatable bonds is 2. The van der Waals surface area contributed by atoms with Crippen molar-refractivity contribution in [3.63, 3.8) is 0 Å². The Balaban J connectivity index is 2.98. The molecule has 0 radical (unpaired) electrons. The monoisotopic (exact) mass is 210 g/mol. The molecular formula is C8H6Cl2F2. The largest absolute Gasteiger partial charge is 0.302 e. The van der Waals surface area contributed by atoms with Crippen LogP contribution in [0, 0.1) is 0 Å². The summed E-state index contributed by atoms with van der Waals surface area (Å²) >= 11 is 10.2. The second kappa shape index (κ2) is 3.58. The molecule has 12 heavy (non-hydrogen) atoms. The molecule has 0 atom stereocenters. The summed E-state index contributed by atoms with van der Waals surface area (Å²) in [5.41, 5.74) is -0.167. The van der Waals surface area contributed by atoms with E-state index in [4.69, 9.17) is 23.2 Å². The smallest absolute Gasteiger partial charge is 0.198 e. The highest BCUT2D eigenvalue weighted by atomic mass is 35.5. The van der Waals surface area contributed by atoms with Crippen LogP contribution in [-0.2, 0) is 5.92 Å². The van der Waals surface area contributed by atoms with Crippen LogP contribution in [0.2, 0.25) is 0 Å². The van der Waals surface area contributed by atoms with Crippen LogP contribution in [0.4, 0.5) is 8.78 Å². The third-order valence-electron chi connectivity index (χ3n) is 1.43. The minimum absolute atomic E-state index is 0.167. The molecular weight excluding hydrogens is 205 g/mol. The Morgan fingerprint density at radius 2 is 1.58 bits per heavy atom. The highest BCUT2D eigenvalue weighted by Gasteiger charge is 2.38. The van der Waals surface area contributed by atoms with Gasteiger partial charge in [-0.05, 0) is 0 Å². The molecule has 4 heteroatoms. The first-order valence-corrected chi connectivity index (χ1v) is 4.14. The predicted molar refractivity (Wildman–Crippen MR) is 45.8 cm³/mol. The fourth-order valence-electron chi connectivity index (χ4n) is 0.786. The van der Waals surface area contributed by atoms with Gasteiger partial charge in [-0.2, -0.15) is 8.78 Å². The summed E-state index contributed by atoms with van der Waals surface area (Å²) in [5, 5.41) is 0. The van der Waals surface area contributed by atoms with E-state index in [1.54, 1.807) is 6.07 Å². The van der Waals surface area contributed by atoms with Gasteiger partial charge in [-0.25, -0.2) is 0 Å². The van der Waals surface area contributed by atoms with Crippen molar-refractivity contribution >= 4 is 23.2 Å². The topological polar surface area (TPSA) is 0 Å². The van der Waals surface area contributed by atoms with Gasteiger partial charge in [0, 0.05) is 5.56 Å². The van der Waals surface area contributed by atoms with Gasteiger partial charge in [-0.3, -0.25) is 0 Å². The molecule has 1 aromatic rings. The Morgan fingerprint density at radius 3 is 2.00 bits per heavy atom. The van der Waals surface area contributed by atoms with Crippen molar-refractivity contribution in [1.82, 2.24) is 0 Å². The number of alkyl halides is 4. The first-order chi connectivity index (χ1) is 5.55. The molecule has 0 aliphatic heterocycles. The number of hydrogen-bond acceptors (Lipinski definition) is 0. The van der Waals surface area contributed by atoms with Crippen LogP contribution >= 0.6 is 23.2 Å². The summed E-state index contributed by atoms with van der Waals surface area (Å²) in [6.07, 6.45) is 0. The summed E-state index contributed by atoms with van der Waals surface area (Å²) in [4.78, 5) is -1.71. The van der Waals surface area contributed by atoms with Crippen molar-refractivity contribution in [1.29, 1.82) is 0 Å². The highest BCUT2D eigenvalue weighted by Crippen LogP contribution is 2.36. The lowest BCUT2D eigenvalue weighted by atomic mass is 10.1. The van der Waals surface area contributed by atoms with E-state index in [0.717, 1.165) is 0 Å². The predicted octanol–water partition coefficient (Wildman–Crippen LogP) is 3.58. The standard InChI is InChI=1S/C8H6Cl2F2/c9-7(10)8(11,12)6-4-2-1-3-5-6/h1-5,7H. The first kappa shape index (κ1) is 9.75. The van der Waals surface area contributed by atoms with Crippen molar-refractivity contribution in [3.05, 3.63) is 35.9 Å². The molecule has 0 saturated heterocycles. The van der Waals surface area contributed by atoms with Crippen molar-refractivity contribution in [2.45, 2.75) is 10.8 Å². The Labute approximate surface area is 79.1 Å². The van der Waals surface area contributed by atoms with Crippen molar-refractivity contribution in [3.8, 4) is 0 Å². The summed E-state index contributed by atoms with van der Waals surface area (Å²) in [5.74, 6) is -3.18. The van der Waals surface area contributed by atoms with Crippen molar-refractivity contribution < 1.29 is 8.78 Å².